The number of carbonyl (C=O) groups excluding carboxylic acids is 1. The van der Waals surface area contributed by atoms with E-state index in [0.717, 1.165) is 11.6 Å². The standard InChI is InChI=1S/C19H19F2NO2/c20-13-6-7-14(17(21)10-13)15-11-16(15)19(24)22-9-8-18(23)12-4-2-1-3-5-12/h1-7,10,15-16,18,23H,8-9,11H2,(H,22,24). The van der Waals surface area contributed by atoms with Crippen LogP contribution in [0.1, 0.15) is 36.0 Å². The first-order chi connectivity index (χ1) is 11.6. The Morgan fingerprint density at radius 1 is 1.21 bits per heavy atom. The van der Waals surface area contributed by atoms with Crippen LogP contribution in [0.4, 0.5) is 8.78 Å². The van der Waals surface area contributed by atoms with Crippen LogP contribution in [0.15, 0.2) is 48.5 Å². The number of rotatable bonds is 6. The fraction of sp³-hybridized carbons (Fsp3) is 0.316. The van der Waals surface area contributed by atoms with Gasteiger partial charge in [0.05, 0.1) is 6.10 Å². The van der Waals surface area contributed by atoms with Gasteiger partial charge in [0.2, 0.25) is 5.91 Å². The van der Waals surface area contributed by atoms with Crippen LogP contribution >= 0.6 is 0 Å². The number of hydrogen-bond donors (Lipinski definition) is 2. The topological polar surface area (TPSA) is 49.3 Å². The Kier molecular flexibility index (Phi) is 4.90. The van der Waals surface area contributed by atoms with Gasteiger partial charge in [0.1, 0.15) is 11.6 Å². The Labute approximate surface area is 139 Å². The highest BCUT2D eigenvalue weighted by atomic mass is 19.1. The normalized spacial score (nSPS) is 20.5. The van der Waals surface area contributed by atoms with Gasteiger partial charge in [-0.05, 0) is 36.0 Å². The quantitative estimate of drug-likeness (QED) is 0.853. The summed E-state index contributed by atoms with van der Waals surface area (Å²) in [6.45, 7) is 0.351. The molecule has 1 fully saturated rings. The maximum atomic E-state index is 13.7. The summed E-state index contributed by atoms with van der Waals surface area (Å²) in [6, 6.07) is 12.7. The molecule has 2 aromatic rings. The van der Waals surface area contributed by atoms with Crippen LogP contribution in [0.5, 0.6) is 0 Å². The molecule has 1 saturated carbocycles. The van der Waals surface area contributed by atoms with Crippen molar-refractivity contribution in [2.24, 2.45) is 5.92 Å². The van der Waals surface area contributed by atoms with Crippen LogP contribution in [0, 0.1) is 17.6 Å². The molecule has 2 aromatic carbocycles. The second-order valence-corrected chi connectivity index (χ2v) is 6.12. The summed E-state index contributed by atoms with van der Waals surface area (Å²) in [5.74, 6) is -1.84. The average Bonchev–Trinajstić information content (AvgIpc) is 3.36. The van der Waals surface area contributed by atoms with E-state index >= 15 is 0 Å². The van der Waals surface area contributed by atoms with E-state index in [1.807, 2.05) is 30.3 Å². The molecule has 1 aliphatic rings. The van der Waals surface area contributed by atoms with Crippen LogP contribution in [-0.4, -0.2) is 17.6 Å². The summed E-state index contributed by atoms with van der Waals surface area (Å²) in [6.07, 6.45) is 0.351. The molecule has 0 radical (unpaired) electrons. The predicted molar refractivity (Wildman–Crippen MR) is 86.2 cm³/mol. The fourth-order valence-electron chi connectivity index (χ4n) is 2.94. The molecule has 126 valence electrons. The monoisotopic (exact) mass is 331 g/mol. The number of benzene rings is 2. The molecule has 3 unspecified atom stereocenters. The Balaban J connectivity index is 1.47. The number of nitrogens with one attached hydrogen (secondary N) is 1. The Bertz CT molecular complexity index is 721. The first-order valence-electron chi connectivity index (χ1n) is 8.02. The smallest absolute Gasteiger partial charge is 0.223 e. The number of hydrogen-bond acceptors (Lipinski definition) is 2. The molecule has 3 nitrogen and oxygen atoms in total. The fourth-order valence-corrected chi connectivity index (χ4v) is 2.94. The van der Waals surface area contributed by atoms with E-state index in [2.05, 4.69) is 5.32 Å². The molecule has 0 aromatic heterocycles. The highest BCUT2D eigenvalue weighted by Crippen LogP contribution is 2.48. The summed E-state index contributed by atoms with van der Waals surface area (Å²) < 4.78 is 26.6. The summed E-state index contributed by atoms with van der Waals surface area (Å²) in [7, 11) is 0. The molecular weight excluding hydrogens is 312 g/mol. The average molecular weight is 331 g/mol. The second kappa shape index (κ2) is 7.09. The SMILES string of the molecule is O=C(NCCC(O)c1ccccc1)C1CC1c1ccc(F)cc1F. The molecular formula is C19H19F2NO2. The maximum Gasteiger partial charge on any atom is 0.223 e. The zero-order chi connectivity index (χ0) is 17.1. The van der Waals surface area contributed by atoms with E-state index in [1.165, 1.54) is 12.1 Å². The minimum absolute atomic E-state index is 0.149. The summed E-state index contributed by atoms with van der Waals surface area (Å²) >= 11 is 0. The van der Waals surface area contributed by atoms with E-state index < -0.39 is 17.7 Å². The third-order valence-corrected chi connectivity index (χ3v) is 4.39. The molecule has 1 aliphatic carbocycles. The number of aliphatic hydroxyl groups excluding tert-OH is 1. The molecule has 0 aliphatic heterocycles. The highest BCUT2D eigenvalue weighted by molar-refractivity contribution is 5.82. The Morgan fingerprint density at radius 2 is 1.96 bits per heavy atom. The largest absolute Gasteiger partial charge is 0.388 e. The van der Waals surface area contributed by atoms with Crippen molar-refractivity contribution < 1.29 is 18.7 Å². The van der Waals surface area contributed by atoms with Crippen molar-refractivity contribution in [3.05, 3.63) is 71.3 Å². The van der Waals surface area contributed by atoms with Crippen LogP contribution in [0.3, 0.4) is 0 Å². The summed E-state index contributed by atoms with van der Waals surface area (Å²) in [5.41, 5.74) is 1.20. The van der Waals surface area contributed by atoms with Gasteiger partial charge in [0.15, 0.2) is 0 Å². The van der Waals surface area contributed by atoms with Gasteiger partial charge in [-0.1, -0.05) is 36.4 Å². The molecule has 1 amide bonds. The Hall–Kier alpha value is -2.27. The minimum Gasteiger partial charge on any atom is -0.388 e. The molecule has 0 saturated heterocycles. The lowest BCUT2D eigenvalue weighted by Crippen LogP contribution is -2.27. The van der Waals surface area contributed by atoms with Gasteiger partial charge >= 0.3 is 0 Å². The van der Waals surface area contributed by atoms with E-state index in [1.54, 1.807) is 0 Å². The molecule has 24 heavy (non-hydrogen) atoms. The molecule has 3 atom stereocenters. The van der Waals surface area contributed by atoms with Crippen LogP contribution in [0.25, 0.3) is 0 Å². The lowest BCUT2D eigenvalue weighted by Gasteiger charge is -2.11. The molecule has 2 N–H and O–H groups in total. The Morgan fingerprint density at radius 3 is 2.67 bits per heavy atom. The molecule has 0 heterocycles. The van der Waals surface area contributed by atoms with Crippen molar-refractivity contribution >= 4 is 5.91 Å². The van der Waals surface area contributed by atoms with Crippen LogP contribution in [-0.2, 0) is 4.79 Å². The van der Waals surface area contributed by atoms with Crippen LogP contribution in [0.2, 0.25) is 0 Å². The van der Waals surface area contributed by atoms with Gasteiger partial charge in [-0.3, -0.25) is 4.79 Å². The zero-order valence-corrected chi connectivity index (χ0v) is 13.1. The van der Waals surface area contributed by atoms with Crippen molar-refractivity contribution in [3.63, 3.8) is 0 Å². The lowest BCUT2D eigenvalue weighted by atomic mass is 10.1. The summed E-state index contributed by atoms with van der Waals surface area (Å²) in [4.78, 5) is 12.1. The van der Waals surface area contributed by atoms with Crippen molar-refractivity contribution in [3.8, 4) is 0 Å². The van der Waals surface area contributed by atoms with Crippen LogP contribution < -0.4 is 5.32 Å². The molecule has 3 rings (SSSR count). The molecule has 5 heteroatoms. The van der Waals surface area contributed by atoms with E-state index in [4.69, 9.17) is 0 Å². The summed E-state index contributed by atoms with van der Waals surface area (Å²) in [5, 5.41) is 12.8. The highest BCUT2D eigenvalue weighted by Gasteiger charge is 2.45. The number of amides is 1. The van der Waals surface area contributed by atoms with Gasteiger partial charge in [-0.25, -0.2) is 8.78 Å². The van der Waals surface area contributed by atoms with Crippen molar-refractivity contribution in [2.45, 2.75) is 24.9 Å². The third kappa shape index (κ3) is 3.79. The molecule has 0 spiro atoms. The van der Waals surface area contributed by atoms with E-state index in [9.17, 15) is 18.7 Å². The number of carbonyl (C=O) groups is 1. The predicted octanol–water partition coefficient (Wildman–Crippen LogP) is 3.31. The van der Waals surface area contributed by atoms with Crippen molar-refractivity contribution in [1.82, 2.24) is 5.32 Å². The van der Waals surface area contributed by atoms with E-state index in [0.29, 0.717) is 24.9 Å². The number of halogens is 2. The lowest BCUT2D eigenvalue weighted by molar-refractivity contribution is -0.122. The molecule has 0 bridgehead atoms. The van der Waals surface area contributed by atoms with Gasteiger partial charge in [0.25, 0.3) is 0 Å². The minimum atomic E-state index is -0.629. The second-order valence-electron chi connectivity index (χ2n) is 6.12. The van der Waals surface area contributed by atoms with Crippen molar-refractivity contribution in [2.75, 3.05) is 6.54 Å². The third-order valence-electron chi connectivity index (χ3n) is 4.39. The zero-order valence-electron chi connectivity index (χ0n) is 13.1. The van der Waals surface area contributed by atoms with E-state index in [-0.39, 0.29) is 17.7 Å². The number of aliphatic hydroxyl groups is 1. The van der Waals surface area contributed by atoms with Gasteiger partial charge < -0.3 is 10.4 Å². The van der Waals surface area contributed by atoms with Gasteiger partial charge in [-0.2, -0.15) is 0 Å². The van der Waals surface area contributed by atoms with Crippen molar-refractivity contribution in [1.29, 1.82) is 0 Å². The van der Waals surface area contributed by atoms with Gasteiger partial charge in [-0.15, -0.1) is 0 Å². The van der Waals surface area contributed by atoms with Gasteiger partial charge in [0, 0.05) is 18.5 Å². The first kappa shape index (κ1) is 16.6. The first-order valence-corrected chi connectivity index (χ1v) is 8.02. The maximum absolute atomic E-state index is 13.7.